The first-order chi connectivity index (χ1) is 7.54. The minimum Gasteiger partial charge on any atom is -0.492 e. The highest BCUT2D eigenvalue weighted by Crippen LogP contribution is 2.33. The zero-order valence-electron chi connectivity index (χ0n) is 8.54. The second kappa shape index (κ2) is 5.92. The summed E-state index contributed by atoms with van der Waals surface area (Å²) >= 11 is 9.19. The summed E-state index contributed by atoms with van der Waals surface area (Å²) in [5.41, 5.74) is 0.628. The highest BCUT2D eigenvalue weighted by molar-refractivity contribution is 9.10. The van der Waals surface area contributed by atoms with Gasteiger partial charge < -0.3 is 9.84 Å². The quantitative estimate of drug-likeness (QED) is 0.865. The predicted molar refractivity (Wildman–Crippen MR) is 67.0 cm³/mol. The first kappa shape index (κ1) is 13.1. The van der Waals surface area contributed by atoms with Gasteiger partial charge in [0.2, 0.25) is 0 Å². The molecule has 1 N–H and O–H groups in total. The summed E-state index contributed by atoms with van der Waals surface area (Å²) < 4.78 is 6.11. The maximum absolute atomic E-state index is 10.4. The van der Waals surface area contributed by atoms with Crippen molar-refractivity contribution in [2.24, 2.45) is 0 Å². The van der Waals surface area contributed by atoms with Gasteiger partial charge in [-0.1, -0.05) is 11.6 Å². The molecule has 0 spiro atoms. The van der Waals surface area contributed by atoms with E-state index < -0.39 is 5.97 Å². The Morgan fingerprint density at radius 1 is 1.62 bits per heavy atom. The molecule has 0 atom stereocenters. The van der Waals surface area contributed by atoms with Gasteiger partial charge in [-0.15, -0.1) is 0 Å². The SMILES string of the molecule is CCOc1c(Br)cc(Cl)cc1/C=C/C(=O)O. The Morgan fingerprint density at radius 2 is 2.31 bits per heavy atom. The monoisotopic (exact) mass is 304 g/mol. The molecule has 1 aromatic carbocycles. The van der Waals surface area contributed by atoms with Crippen LogP contribution in [0.15, 0.2) is 22.7 Å². The number of carboxylic acid groups (broad SMARTS) is 1. The van der Waals surface area contributed by atoms with Crippen LogP contribution in [-0.2, 0) is 4.79 Å². The van der Waals surface area contributed by atoms with E-state index in [0.29, 0.717) is 27.4 Å². The van der Waals surface area contributed by atoms with E-state index in [-0.39, 0.29) is 0 Å². The minimum absolute atomic E-state index is 0.494. The summed E-state index contributed by atoms with van der Waals surface area (Å²) in [4.78, 5) is 10.4. The van der Waals surface area contributed by atoms with Crippen LogP contribution in [0.1, 0.15) is 12.5 Å². The molecule has 0 radical (unpaired) electrons. The van der Waals surface area contributed by atoms with Crippen molar-refractivity contribution in [3.05, 3.63) is 33.3 Å². The van der Waals surface area contributed by atoms with Crippen LogP contribution in [-0.4, -0.2) is 17.7 Å². The van der Waals surface area contributed by atoms with E-state index in [2.05, 4.69) is 15.9 Å². The molecule has 0 saturated heterocycles. The molecule has 1 aromatic rings. The third-order valence-corrected chi connectivity index (χ3v) is 2.54. The van der Waals surface area contributed by atoms with Gasteiger partial charge in [0.15, 0.2) is 0 Å². The zero-order valence-corrected chi connectivity index (χ0v) is 10.9. The fourth-order valence-corrected chi connectivity index (χ4v) is 2.11. The van der Waals surface area contributed by atoms with Gasteiger partial charge in [0.05, 0.1) is 11.1 Å². The molecular weight excluding hydrogens is 295 g/mol. The summed E-state index contributed by atoms with van der Waals surface area (Å²) in [6.07, 6.45) is 2.49. The van der Waals surface area contributed by atoms with Gasteiger partial charge in [-0.25, -0.2) is 4.79 Å². The summed E-state index contributed by atoms with van der Waals surface area (Å²) in [6, 6.07) is 3.35. The Labute approximate surface area is 107 Å². The van der Waals surface area contributed by atoms with E-state index in [9.17, 15) is 4.79 Å². The van der Waals surface area contributed by atoms with Gasteiger partial charge in [-0.3, -0.25) is 0 Å². The van der Waals surface area contributed by atoms with Gasteiger partial charge in [0, 0.05) is 16.7 Å². The molecule has 0 fully saturated rings. The number of carboxylic acids is 1. The highest BCUT2D eigenvalue weighted by atomic mass is 79.9. The van der Waals surface area contributed by atoms with Crippen molar-refractivity contribution < 1.29 is 14.6 Å². The van der Waals surface area contributed by atoms with Crippen molar-refractivity contribution in [1.29, 1.82) is 0 Å². The number of ether oxygens (including phenoxy) is 1. The molecule has 0 bridgehead atoms. The van der Waals surface area contributed by atoms with Crippen LogP contribution < -0.4 is 4.74 Å². The molecule has 0 aliphatic rings. The Morgan fingerprint density at radius 3 is 2.88 bits per heavy atom. The normalized spacial score (nSPS) is 10.7. The smallest absolute Gasteiger partial charge is 0.328 e. The largest absolute Gasteiger partial charge is 0.492 e. The van der Waals surface area contributed by atoms with Crippen LogP contribution in [0.2, 0.25) is 5.02 Å². The van der Waals surface area contributed by atoms with Gasteiger partial charge in [0.1, 0.15) is 5.75 Å². The van der Waals surface area contributed by atoms with E-state index >= 15 is 0 Å². The molecule has 0 aliphatic heterocycles. The lowest BCUT2D eigenvalue weighted by Crippen LogP contribution is -1.95. The lowest BCUT2D eigenvalue weighted by Gasteiger charge is -2.09. The lowest BCUT2D eigenvalue weighted by molar-refractivity contribution is -0.131. The van der Waals surface area contributed by atoms with Gasteiger partial charge >= 0.3 is 5.97 Å². The van der Waals surface area contributed by atoms with E-state index in [1.165, 1.54) is 6.08 Å². The lowest BCUT2D eigenvalue weighted by atomic mass is 10.2. The van der Waals surface area contributed by atoms with Crippen LogP contribution in [0, 0.1) is 0 Å². The molecule has 0 aliphatic carbocycles. The van der Waals surface area contributed by atoms with Crippen molar-refractivity contribution in [2.75, 3.05) is 6.61 Å². The number of aliphatic carboxylic acids is 1. The van der Waals surface area contributed by atoms with E-state index in [1.54, 1.807) is 12.1 Å². The fourth-order valence-electron chi connectivity index (χ4n) is 1.16. The average molecular weight is 306 g/mol. The van der Waals surface area contributed by atoms with E-state index in [4.69, 9.17) is 21.4 Å². The van der Waals surface area contributed by atoms with Gasteiger partial charge in [0.25, 0.3) is 0 Å². The minimum atomic E-state index is -1.02. The third-order valence-electron chi connectivity index (χ3n) is 1.73. The zero-order chi connectivity index (χ0) is 12.1. The van der Waals surface area contributed by atoms with Crippen LogP contribution >= 0.6 is 27.5 Å². The van der Waals surface area contributed by atoms with Crippen molar-refractivity contribution in [3.8, 4) is 5.75 Å². The van der Waals surface area contributed by atoms with Crippen molar-refractivity contribution in [2.45, 2.75) is 6.92 Å². The molecule has 3 nitrogen and oxygen atoms in total. The average Bonchev–Trinajstić information content (AvgIpc) is 2.19. The number of halogens is 2. The van der Waals surface area contributed by atoms with Crippen molar-refractivity contribution >= 4 is 39.6 Å². The molecule has 0 aromatic heterocycles. The molecule has 1 rings (SSSR count). The number of hydrogen-bond donors (Lipinski definition) is 1. The standard InChI is InChI=1S/C11H10BrClO3/c1-2-16-11-7(3-4-10(14)15)5-8(13)6-9(11)12/h3-6H,2H2,1H3,(H,14,15)/b4-3+. The second-order valence-electron chi connectivity index (χ2n) is 2.91. The fraction of sp³-hybridized carbons (Fsp3) is 0.182. The van der Waals surface area contributed by atoms with Gasteiger partial charge in [-0.05, 0) is 41.1 Å². The number of rotatable bonds is 4. The first-order valence-electron chi connectivity index (χ1n) is 4.57. The highest BCUT2D eigenvalue weighted by Gasteiger charge is 2.08. The summed E-state index contributed by atoms with van der Waals surface area (Å²) in [5, 5.41) is 9.08. The number of benzene rings is 1. The molecule has 0 heterocycles. The molecule has 0 saturated carbocycles. The Kier molecular flexibility index (Phi) is 4.83. The maximum Gasteiger partial charge on any atom is 0.328 e. The number of carbonyl (C=O) groups is 1. The topological polar surface area (TPSA) is 46.5 Å². The maximum atomic E-state index is 10.4. The van der Waals surface area contributed by atoms with Crippen LogP contribution in [0.5, 0.6) is 5.75 Å². The third kappa shape index (κ3) is 3.54. The summed E-state index contributed by atoms with van der Waals surface area (Å²) in [5.74, 6) is -0.428. The van der Waals surface area contributed by atoms with Crippen LogP contribution in [0.25, 0.3) is 6.08 Å². The molecule has 0 amide bonds. The Hall–Kier alpha value is -1.00. The Bertz CT molecular complexity index is 429. The van der Waals surface area contributed by atoms with Crippen molar-refractivity contribution in [1.82, 2.24) is 0 Å². The predicted octanol–water partition coefficient (Wildman–Crippen LogP) is 3.60. The molecule has 5 heteroatoms. The van der Waals surface area contributed by atoms with E-state index in [1.807, 2.05) is 6.92 Å². The van der Waals surface area contributed by atoms with Crippen LogP contribution in [0.3, 0.4) is 0 Å². The summed E-state index contributed by atoms with van der Waals surface area (Å²) in [6.45, 7) is 2.35. The number of hydrogen-bond acceptors (Lipinski definition) is 2. The molecule has 0 unspecified atom stereocenters. The van der Waals surface area contributed by atoms with Gasteiger partial charge in [-0.2, -0.15) is 0 Å². The Balaban J connectivity index is 3.18. The van der Waals surface area contributed by atoms with Crippen LogP contribution in [0.4, 0.5) is 0 Å². The van der Waals surface area contributed by atoms with E-state index in [0.717, 1.165) is 6.08 Å². The van der Waals surface area contributed by atoms with Crippen molar-refractivity contribution in [3.63, 3.8) is 0 Å². The molecule has 86 valence electrons. The summed E-state index contributed by atoms with van der Waals surface area (Å²) in [7, 11) is 0. The molecular formula is C11H10BrClO3. The molecule has 16 heavy (non-hydrogen) atoms. The second-order valence-corrected chi connectivity index (χ2v) is 4.20. The first-order valence-corrected chi connectivity index (χ1v) is 5.74.